The third kappa shape index (κ3) is 4.77. The van der Waals surface area contributed by atoms with Crippen LogP contribution in [0.3, 0.4) is 0 Å². The number of aryl methyl sites for hydroxylation is 1. The van der Waals surface area contributed by atoms with Crippen molar-refractivity contribution in [2.24, 2.45) is 0 Å². The Balaban J connectivity index is 1.90. The third-order valence-corrected chi connectivity index (χ3v) is 6.57. The van der Waals surface area contributed by atoms with Crippen molar-refractivity contribution < 1.29 is 9.47 Å². The summed E-state index contributed by atoms with van der Waals surface area (Å²) in [6.07, 6.45) is 11.0. The first-order valence-corrected chi connectivity index (χ1v) is 12.1. The number of ether oxygens (including phenoxy) is 2. The molecule has 3 aromatic rings. The molecule has 0 saturated heterocycles. The van der Waals surface area contributed by atoms with Gasteiger partial charge in [0.25, 0.3) is 0 Å². The second-order valence-corrected chi connectivity index (χ2v) is 9.06. The number of fused-ring (bicyclic) bond motifs is 1. The van der Waals surface area contributed by atoms with Gasteiger partial charge in [-0.2, -0.15) is 0 Å². The van der Waals surface area contributed by atoms with Crippen LogP contribution in [0.5, 0.6) is 5.75 Å². The van der Waals surface area contributed by atoms with E-state index in [-0.39, 0.29) is 0 Å². The molecule has 0 N–H and O–H groups in total. The highest BCUT2D eigenvalue weighted by molar-refractivity contribution is 5.90. The van der Waals surface area contributed by atoms with Gasteiger partial charge in [-0.05, 0) is 59.9 Å². The van der Waals surface area contributed by atoms with Gasteiger partial charge in [-0.25, -0.2) is 4.98 Å². The zero-order valence-electron chi connectivity index (χ0n) is 20.6. The van der Waals surface area contributed by atoms with E-state index in [9.17, 15) is 0 Å². The fourth-order valence-electron chi connectivity index (χ4n) is 4.74. The summed E-state index contributed by atoms with van der Waals surface area (Å²) in [4.78, 5) is 5.23. The van der Waals surface area contributed by atoms with Crippen LogP contribution in [0.1, 0.15) is 56.2 Å². The maximum absolute atomic E-state index is 5.94. The molecular formula is C29H36N2O2. The quantitative estimate of drug-likeness (QED) is 0.362. The van der Waals surface area contributed by atoms with Crippen LogP contribution in [0.4, 0.5) is 0 Å². The molecule has 0 atom stereocenters. The lowest BCUT2D eigenvalue weighted by atomic mass is 9.94. The highest BCUT2D eigenvalue weighted by atomic mass is 16.5. The normalized spacial score (nSPS) is 13.7. The number of methoxy groups -OCH3 is 2. The summed E-state index contributed by atoms with van der Waals surface area (Å²) < 4.78 is 13.7. The topological polar surface area (TPSA) is 36.3 Å². The zero-order chi connectivity index (χ0) is 23.4. The Morgan fingerprint density at radius 3 is 2.48 bits per heavy atom. The lowest BCUT2D eigenvalue weighted by Gasteiger charge is -2.16. The minimum Gasteiger partial charge on any atom is -0.494 e. The molecule has 174 valence electrons. The van der Waals surface area contributed by atoms with Gasteiger partial charge in [-0.1, -0.05) is 63.3 Å². The summed E-state index contributed by atoms with van der Waals surface area (Å²) in [6.45, 7) is 8.01. The van der Waals surface area contributed by atoms with Crippen molar-refractivity contribution in [2.75, 3.05) is 20.8 Å². The predicted molar refractivity (Wildman–Crippen MR) is 137 cm³/mol. The van der Waals surface area contributed by atoms with E-state index in [1.54, 1.807) is 14.2 Å². The van der Waals surface area contributed by atoms with Gasteiger partial charge in [0.15, 0.2) is 0 Å². The highest BCUT2D eigenvalue weighted by Gasteiger charge is 2.22. The van der Waals surface area contributed by atoms with Crippen molar-refractivity contribution >= 4 is 11.0 Å². The van der Waals surface area contributed by atoms with E-state index < -0.39 is 0 Å². The van der Waals surface area contributed by atoms with Gasteiger partial charge in [0.05, 0.1) is 19.2 Å². The van der Waals surface area contributed by atoms with Crippen molar-refractivity contribution in [3.8, 4) is 17.1 Å². The maximum atomic E-state index is 5.94. The number of imidazole rings is 1. The smallest absolute Gasteiger partial charge is 0.145 e. The molecule has 0 aliphatic heterocycles. The predicted octanol–water partition coefficient (Wildman–Crippen LogP) is 6.86. The molecule has 0 saturated carbocycles. The number of rotatable bonds is 9. The average molecular weight is 445 g/mol. The van der Waals surface area contributed by atoms with E-state index in [0.29, 0.717) is 12.5 Å². The number of aromatic nitrogens is 2. The van der Waals surface area contributed by atoms with E-state index in [2.05, 4.69) is 73.9 Å². The average Bonchev–Trinajstić information content (AvgIpc) is 3.22. The van der Waals surface area contributed by atoms with Crippen LogP contribution in [0.15, 0.2) is 54.1 Å². The molecule has 1 aliphatic carbocycles. The van der Waals surface area contributed by atoms with Crippen molar-refractivity contribution in [3.63, 3.8) is 0 Å². The molecule has 1 aliphatic rings. The molecule has 0 spiro atoms. The summed E-state index contributed by atoms with van der Waals surface area (Å²) >= 11 is 0. The Hall–Kier alpha value is -2.85. The fraction of sp³-hybridized carbons (Fsp3) is 0.414. The molecule has 2 aromatic carbocycles. The van der Waals surface area contributed by atoms with Gasteiger partial charge in [-0.3, -0.25) is 0 Å². The molecule has 0 unspecified atom stereocenters. The summed E-state index contributed by atoms with van der Waals surface area (Å²) in [6, 6.07) is 11.0. The zero-order valence-corrected chi connectivity index (χ0v) is 20.6. The fourth-order valence-corrected chi connectivity index (χ4v) is 4.74. The summed E-state index contributed by atoms with van der Waals surface area (Å²) in [5.41, 5.74) is 8.55. The summed E-state index contributed by atoms with van der Waals surface area (Å²) in [5, 5.41) is 0. The molecule has 0 bridgehead atoms. The van der Waals surface area contributed by atoms with Crippen molar-refractivity contribution in [1.29, 1.82) is 0 Å². The first-order valence-electron chi connectivity index (χ1n) is 12.1. The van der Waals surface area contributed by atoms with Crippen LogP contribution >= 0.6 is 0 Å². The lowest BCUT2D eigenvalue weighted by Crippen LogP contribution is -2.07. The van der Waals surface area contributed by atoms with E-state index in [1.165, 1.54) is 22.3 Å². The maximum Gasteiger partial charge on any atom is 0.145 e. The highest BCUT2D eigenvalue weighted by Crippen LogP contribution is 2.37. The van der Waals surface area contributed by atoms with Crippen LogP contribution in [0, 0.1) is 0 Å². The standard InChI is InChI=1S/C29H36N2O2/c1-6-25-24(18-21-10-8-7-9-11-21)19-26(33-5)28-27(25)30-29(31(28)16-17-32-4)23-14-12-22(13-15-23)20(2)3/h8,10-15,19-20H,6-7,9,16-18H2,1-5H3. The van der Waals surface area contributed by atoms with Gasteiger partial charge >= 0.3 is 0 Å². The molecule has 4 rings (SSSR count). The van der Waals surface area contributed by atoms with Gasteiger partial charge in [0.1, 0.15) is 17.1 Å². The largest absolute Gasteiger partial charge is 0.494 e. The SMILES string of the molecule is CCc1c(CC2=CCCC=C2)cc(OC)c2c1nc(-c1ccc(C(C)C)cc1)n2CCOC. The first kappa shape index (κ1) is 23.3. The molecule has 0 radical (unpaired) electrons. The molecule has 1 aromatic heterocycles. The van der Waals surface area contributed by atoms with Crippen molar-refractivity contribution in [2.45, 2.75) is 58.9 Å². The van der Waals surface area contributed by atoms with Crippen LogP contribution in [-0.2, 0) is 24.1 Å². The minimum atomic E-state index is 0.504. The third-order valence-electron chi connectivity index (χ3n) is 6.57. The molecule has 4 heteroatoms. The molecule has 0 amide bonds. The van der Waals surface area contributed by atoms with Crippen LogP contribution in [-0.4, -0.2) is 30.4 Å². The molecular weight excluding hydrogens is 408 g/mol. The monoisotopic (exact) mass is 444 g/mol. The Morgan fingerprint density at radius 1 is 1.09 bits per heavy atom. The Kier molecular flexibility index (Phi) is 7.34. The van der Waals surface area contributed by atoms with E-state index >= 15 is 0 Å². The van der Waals surface area contributed by atoms with Crippen LogP contribution in [0.25, 0.3) is 22.4 Å². The number of hydrogen-bond acceptors (Lipinski definition) is 3. The van der Waals surface area contributed by atoms with Crippen molar-refractivity contribution in [1.82, 2.24) is 9.55 Å². The van der Waals surface area contributed by atoms with E-state index in [1.807, 2.05) is 0 Å². The van der Waals surface area contributed by atoms with E-state index in [0.717, 1.165) is 60.4 Å². The molecule has 33 heavy (non-hydrogen) atoms. The van der Waals surface area contributed by atoms with E-state index in [4.69, 9.17) is 14.5 Å². The van der Waals surface area contributed by atoms with Crippen molar-refractivity contribution in [3.05, 3.63) is 70.8 Å². The Labute approximate surface area is 197 Å². The minimum absolute atomic E-state index is 0.504. The Bertz CT molecular complexity index is 1170. The van der Waals surface area contributed by atoms with Crippen LogP contribution in [0.2, 0.25) is 0 Å². The van der Waals surface area contributed by atoms with Gasteiger partial charge in [-0.15, -0.1) is 0 Å². The number of hydrogen-bond donors (Lipinski definition) is 0. The lowest BCUT2D eigenvalue weighted by molar-refractivity contribution is 0.188. The van der Waals surface area contributed by atoms with Gasteiger partial charge < -0.3 is 14.0 Å². The number of allylic oxidation sites excluding steroid dienone is 4. The van der Waals surface area contributed by atoms with Gasteiger partial charge in [0, 0.05) is 19.2 Å². The Morgan fingerprint density at radius 2 is 1.88 bits per heavy atom. The summed E-state index contributed by atoms with van der Waals surface area (Å²) in [7, 11) is 3.50. The van der Waals surface area contributed by atoms with Gasteiger partial charge in [0.2, 0.25) is 0 Å². The van der Waals surface area contributed by atoms with Crippen LogP contribution < -0.4 is 4.74 Å². The number of benzene rings is 2. The second-order valence-electron chi connectivity index (χ2n) is 9.06. The molecule has 4 nitrogen and oxygen atoms in total. The molecule has 0 fully saturated rings. The summed E-state index contributed by atoms with van der Waals surface area (Å²) in [5.74, 6) is 2.36. The second kappa shape index (κ2) is 10.4. The molecule has 1 heterocycles. The number of nitrogens with zero attached hydrogens (tertiary/aromatic N) is 2. The first-order chi connectivity index (χ1) is 16.1.